The van der Waals surface area contributed by atoms with Crippen LogP contribution in [-0.4, -0.2) is 195 Å². The van der Waals surface area contributed by atoms with E-state index in [0.29, 0.717) is 112 Å². The van der Waals surface area contributed by atoms with E-state index < -0.39 is 5.60 Å². The molecule has 2 N–H and O–H groups in total. The molecule has 28 nitrogen and oxygen atoms in total. The molecule has 14 rings (SSSR count). The molecule has 0 aliphatic carbocycles. The van der Waals surface area contributed by atoms with Crippen molar-refractivity contribution < 1.29 is 62.0 Å². The summed E-state index contributed by atoms with van der Waals surface area (Å²) in [5.74, 6) is 2.92. The van der Waals surface area contributed by atoms with Crippen molar-refractivity contribution in [2.24, 2.45) is 0 Å². The summed E-state index contributed by atoms with van der Waals surface area (Å²) >= 11 is 5.68. The molecule has 598 valence electrons. The number of nitrogens with one attached hydrogen (secondary N) is 2. The van der Waals surface area contributed by atoms with Gasteiger partial charge < -0.3 is 53.1 Å². The van der Waals surface area contributed by atoms with E-state index in [0.717, 1.165) is 51.9 Å². The minimum absolute atomic E-state index is 0.000143. The number of para-hydroxylation sites is 4. The van der Waals surface area contributed by atoms with E-state index in [1.165, 1.54) is 17.8 Å². The van der Waals surface area contributed by atoms with Gasteiger partial charge in [-0.25, -0.2) is 44.3 Å². The van der Waals surface area contributed by atoms with Crippen molar-refractivity contribution in [2.75, 3.05) is 52.4 Å². The Morgan fingerprint density at radius 3 is 1.28 bits per heavy atom. The average Bonchev–Trinajstić information content (AvgIpc) is 1.28. The summed E-state index contributed by atoms with van der Waals surface area (Å²) in [6.07, 6.45) is 12.1. The number of aromatic amines is 2. The number of carbonyl (C=O) groups is 7. The molecule has 3 amide bonds. The lowest BCUT2D eigenvalue weighted by Gasteiger charge is -2.39. The first kappa shape index (κ1) is 86.6. The minimum Gasteiger partial charge on any atom is -0.462 e. The van der Waals surface area contributed by atoms with Crippen LogP contribution >= 0.6 is 38.5 Å². The number of alkyl halides is 1. The molecule has 114 heavy (non-hydrogen) atoms. The first-order valence-corrected chi connectivity index (χ1v) is 39.2. The van der Waals surface area contributed by atoms with Crippen LogP contribution in [0.15, 0.2) is 188 Å². The number of amides is 3. The topological polar surface area (TPSA) is 327 Å². The number of pyridine rings is 1. The van der Waals surface area contributed by atoms with Crippen molar-refractivity contribution in [1.29, 1.82) is 0 Å². The summed E-state index contributed by atoms with van der Waals surface area (Å²) in [6.45, 7) is 32.5. The Balaban J connectivity index is 0.000000170. The van der Waals surface area contributed by atoms with Crippen LogP contribution in [0.5, 0.6) is 34.9 Å². The second-order valence-corrected chi connectivity index (χ2v) is 31.6. The summed E-state index contributed by atoms with van der Waals surface area (Å²) < 4.78 is 35.8. The number of H-pyrrole nitrogens is 2. The van der Waals surface area contributed by atoms with Gasteiger partial charge in [-0.2, -0.15) is 0 Å². The number of likely N-dealkylation sites (tertiary alicyclic amines) is 3. The normalized spacial score (nSPS) is 13.3. The lowest BCUT2D eigenvalue weighted by atomic mass is 9.96. The molecule has 3 fully saturated rings. The molecule has 30 heteroatoms. The minimum atomic E-state index is -0.541. The highest BCUT2D eigenvalue weighted by Gasteiger charge is 2.38. The first-order valence-electron chi connectivity index (χ1n) is 37.2. The third-order valence-corrected chi connectivity index (χ3v) is 18.6. The number of halogens is 2. The molecule has 3 aliphatic rings. The van der Waals surface area contributed by atoms with Crippen molar-refractivity contribution in [2.45, 2.75) is 136 Å². The number of benzene rings is 5. The van der Waals surface area contributed by atoms with Crippen LogP contribution in [0.25, 0.3) is 22.1 Å². The van der Waals surface area contributed by atoms with Gasteiger partial charge in [-0.1, -0.05) is 53.8 Å². The zero-order valence-corrected chi connectivity index (χ0v) is 70.0. The number of ether oxygens (including phenoxy) is 6. The highest BCUT2D eigenvalue weighted by atomic mass is 127. The van der Waals surface area contributed by atoms with E-state index in [4.69, 9.17) is 28.4 Å². The van der Waals surface area contributed by atoms with Gasteiger partial charge in [0.2, 0.25) is 41.0 Å². The Morgan fingerprint density at radius 2 is 0.921 bits per heavy atom. The van der Waals surface area contributed by atoms with E-state index in [-0.39, 0.29) is 64.8 Å². The van der Waals surface area contributed by atoms with Gasteiger partial charge in [0.25, 0.3) is 0 Å². The van der Waals surface area contributed by atoms with Gasteiger partial charge in [-0.05, 0) is 208 Å². The molecule has 3 aliphatic heterocycles. The van der Waals surface area contributed by atoms with Crippen molar-refractivity contribution >= 4 is 102 Å². The van der Waals surface area contributed by atoms with Gasteiger partial charge in [0.15, 0.2) is 11.6 Å². The van der Waals surface area contributed by atoms with Gasteiger partial charge in [0.05, 0.1) is 38.7 Å². The number of aromatic nitrogens is 11. The molecular weight excluding hydrogens is 1630 g/mol. The summed E-state index contributed by atoms with van der Waals surface area (Å²) in [4.78, 5) is 130. The summed E-state index contributed by atoms with van der Waals surface area (Å²) in [5, 5.41) is 0. The maximum atomic E-state index is 12.8. The van der Waals surface area contributed by atoms with Crippen LogP contribution in [0.4, 0.5) is 9.59 Å². The quantitative estimate of drug-likeness (QED) is 0.0281. The molecule has 0 saturated carbocycles. The standard InChI is InChI=1S/C26H25N5O4.C23H19N5O3.C14H12BrNO3.C8H14INO2.C8H19N.C5H6N2O/c1-26(2,3)35-25(33)31-14-17(15-31)21-24(28-13-12-27-21)34-18-10-8-16(9-11-18)22(32)23-29-19-6-4-5-7-20(19)30-23;1-14(29)28-12-16(13-28)20-23(25-11-10-24-20)31-17-8-6-15(7-9-17)21(30)22-26-18-4-2-3-5-19(18)27-22;1-2-18-14(17)10-5-7-11(8-6-10)19-13-12(15)4-3-9-16-13;1-8(2,3)12-7(11)10-4-6(9)5-10;1-6-9(7(2)3)8(4)5;1-5(8)7-3-2-6-4-7/h4-13,17H,14-15H2,1-3H3,(H,29,30);2-11,16H,12-13H2,1H3,(H,26,27);3-9H,2H2,1H3;6H,4-5H2,1-3H3;7-8H,6H2,1-5H3;2-4H,1H3. The smallest absolute Gasteiger partial charge is 0.410 e. The predicted octanol–water partition coefficient (Wildman–Crippen LogP) is 16.6. The number of ketones is 2. The Hall–Kier alpha value is -11.4. The molecule has 3 saturated heterocycles. The summed E-state index contributed by atoms with van der Waals surface area (Å²) in [7, 11) is 0. The Kier molecular flexibility index (Phi) is 30.7. The largest absolute Gasteiger partial charge is 0.462 e. The molecule has 11 aromatic rings. The Bertz CT molecular complexity index is 4960. The number of imidazole rings is 3. The number of rotatable bonds is 17. The molecule has 0 radical (unpaired) electrons. The molecule has 0 spiro atoms. The van der Waals surface area contributed by atoms with Crippen molar-refractivity contribution in [3.05, 3.63) is 227 Å². The molecule has 9 heterocycles. The van der Waals surface area contributed by atoms with Crippen LogP contribution in [0, 0.1) is 0 Å². The van der Waals surface area contributed by atoms with E-state index in [9.17, 15) is 33.6 Å². The SMILES string of the molecule is CC(=O)N1CC(c2nccnc2Oc2ccc(C(=O)c3nc4ccccc4[nH]3)cc2)C1.CC(=O)n1ccnc1.CC(C)(C)OC(=O)N1CC(I)C1.CC(C)(C)OC(=O)N1CC(c2nccnc2Oc2ccc(C(=O)c3nc4ccccc4[nH]3)cc2)C1.CCN(C(C)C)C(C)C.CCOC(=O)c1ccc(Oc2ncccc2Br)cc1. The van der Waals surface area contributed by atoms with Gasteiger partial charge in [0.1, 0.15) is 46.2 Å². The van der Waals surface area contributed by atoms with Crippen LogP contribution in [0.3, 0.4) is 0 Å². The monoisotopic (exact) mass is 1730 g/mol. The number of nitrogens with zero attached hydrogens (tertiary/aromatic N) is 13. The fourth-order valence-corrected chi connectivity index (χ4v) is 12.8. The number of esters is 1. The fraction of sp³-hybridized carbons (Fsp3) is 0.345. The number of hydrogen-bond acceptors (Lipinski definition) is 22. The first-order chi connectivity index (χ1) is 54.3. The number of carbonyl (C=O) groups excluding carboxylic acids is 7. The maximum Gasteiger partial charge on any atom is 0.410 e. The van der Waals surface area contributed by atoms with Gasteiger partial charge in [-0.15, -0.1) is 0 Å². The lowest BCUT2D eigenvalue weighted by molar-refractivity contribution is -0.133. The van der Waals surface area contributed by atoms with Crippen LogP contribution in [-0.2, 0) is 19.0 Å². The molecule has 6 aromatic heterocycles. The summed E-state index contributed by atoms with van der Waals surface area (Å²) in [6, 6.07) is 40.4. The molecule has 0 bridgehead atoms. The summed E-state index contributed by atoms with van der Waals surface area (Å²) in [5.41, 5.74) is 5.10. The van der Waals surface area contributed by atoms with Crippen LogP contribution < -0.4 is 14.2 Å². The van der Waals surface area contributed by atoms with Crippen LogP contribution in [0.2, 0.25) is 0 Å². The lowest BCUT2D eigenvalue weighted by Crippen LogP contribution is -2.52. The zero-order valence-electron chi connectivity index (χ0n) is 66.2. The van der Waals surface area contributed by atoms with Crippen molar-refractivity contribution in [3.63, 3.8) is 0 Å². The fourth-order valence-electron chi connectivity index (χ4n) is 11.5. The highest BCUT2D eigenvalue weighted by molar-refractivity contribution is 14.1. The van der Waals surface area contributed by atoms with Crippen LogP contribution in [0.1, 0.15) is 168 Å². The molecular formula is C84H95BrIN15O13. The van der Waals surface area contributed by atoms with Gasteiger partial charge >= 0.3 is 18.2 Å². The number of fused-ring (bicyclic) bond motifs is 2. The molecule has 0 unspecified atom stereocenters. The zero-order chi connectivity index (χ0) is 82.4. The third kappa shape index (κ3) is 25.1. The highest BCUT2D eigenvalue weighted by Crippen LogP contribution is 2.36. The Morgan fingerprint density at radius 1 is 0.509 bits per heavy atom. The average molecular weight is 1730 g/mol. The van der Waals surface area contributed by atoms with E-state index >= 15 is 0 Å². The Labute approximate surface area is 684 Å². The third-order valence-electron chi connectivity index (χ3n) is 17.2. The molecule has 0 atom stereocenters. The second kappa shape index (κ2) is 40.4. The molecule has 5 aromatic carbocycles. The van der Waals surface area contributed by atoms with E-state index in [1.807, 2.05) is 96.1 Å². The van der Waals surface area contributed by atoms with E-state index in [2.05, 4.69) is 128 Å². The number of hydrogen-bond donors (Lipinski definition) is 2. The van der Waals surface area contributed by atoms with E-state index in [1.54, 1.807) is 151 Å². The van der Waals surface area contributed by atoms with Gasteiger partial charge in [-0.3, -0.25) is 38.6 Å². The van der Waals surface area contributed by atoms with Gasteiger partial charge in [0, 0.05) is 135 Å². The predicted molar refractivity (Wildman–Crippen MR) is 443 cm³/mol. The maximum absolute atomic E-state index is 12.8. The second-order valence-electron chi connectivity index (χ2n) is 28.9. The van der Waals surface area contributed by atoms with Crippen molar-refractivity contribution in [1.82, 2.24) is 74.0 Å². The van der Waals surface area contributed by atoms with Crippen molar-refractivity contribution in [3.8, 4) is 34.9 Å².